The van der Waals surface area contributed by atoms with Crippen LogP contribution in [0.4, 0.5) is 211 Å². The number of halogens is 48. The van der Waals surface area contributed by atoms with Gasteiger partial charge in [0.1, 0.15) is 69.8 Å². The van der Waals surface area contributed by atoms with E-state index >= 15 is 52.7 Å². The van der Waals surface area contributed by atoms with Crippen LogP contribution in [0.2, 0.25) is 0 Å². The summed E-state index contributed by atoms with van der Waals surface area (Å²) >= 11 is 0. The lowest BCUT2D eigenvalue weighted by molar-refractivity contribution is -0.361. The van der Waals surface area contributed by atoms with Crippen LogP contribution in [0, 0.1) is 34.9 Å². The summed E-state index contributed by atoms with van der Waals surface area (Å²) in [7, 11) is 0. The van der Waals surface area contributed by atoms with Crippen LogP contribution >= 0.6 is 0 Å². The molecule has 3 aliphatic heterocycles. The Labute approximate surface area is 628 Å². The molecule has 1 fully saturated rings. The minimum atomic E-state index is -8.93. The van der Waals surface area contributed by atoms with Crippen molar-refractivity contribution in [1.29, 1.82) is 0 Å². The van der Waals surface area contributed by atoms with Crippen LogP contribution in [0.3, 0.4) is 0 Å². The van der Waals surface area contributed by atoms with Crippen molar-refractivity contribution in [3.8, 4) is 56.7 Å². The Morgan fingerprint density at radius 2 is 0.598 bits per heavy atom. The van der Waals surface area contributed by atoms with Gasteiger partial charge in [0.15, 0.2) is 23.3 Å². The molecule has 4 aromatic carbocycles. The molecule has 0 radical (unpaired) electrons. The van der Waals surface area contributed by atoms with Crippen molar-refractivity contribution < 1.29 is 226 Å². The molecular formula is C59H16F48N10O5. The van der Waals surface area contributed by atoms with E-state index in [1.807, 2.05) is 0 Å². The molecule has 7 heterocycles. The van der Waals surface area contributed by atoms with Gasteiger partial charge >= 0.3 is 114 Å². The number of nitrogens with one attached hydrogen (secondary N) is 3. The fourth-order valence-corrected chi connectivity index (χ4v) is 13.0. The maximum atomic E-state index is 17.9. The summed E-state index contributed by atoms with van der Waals surface area (Å²) in [6.45, 7) is -1.14. The molecule has 3 atom stereocenters. The van der Waals surface area contributed by atoms with Gasteiger partial charge in [-0.15, -0.1) is 0 Å². The molecule has 1 saturated heterocycles. The zero-order valence-electron chi connectivity index (χ0n) is 55.3. The summed E-state index contributed by atoms with van der Waals surface area (Å²) in [5, 5.41) is 5.30. The average Bonchev–Trinajstić information content (AvgIpc) is 1.26. The molecule has 122 heavy (non-hydrogen) atoms. The van der Waals surface area contributed by atoms with Crippen LogP contribution in [0.1, 0.15) is 46.0 Å². The maximum Gasteiger partial charge on any atom is 0.436 e. The largest absolute Gasteiger partial charge is 0.436 e. The summed E-state index contributed by atoms with van der Waals surface area (Å²) in [4.78, 5) is 46.1. The second-order valence-electron chi connectivity index (χ2n) is 25.5. The van der Waals surface area contributed by atoms with Crippen molar-refractivity contribution in [1.82, 2.24) is 49.4 Å². The van der Waals surface area contributed by atoms with Crippen LogP contribution in [-0.2, 0) is 38.7 Å². The first-order valence-corrected chi connectivity index (χ1v) is 30.5. The van der Waals surface area contributed by atoms with E-state index in [1.165, 1.54) is 4.98 Å². The van der Waals surface area contributed by atoms with Crippen molar-refractivity contribution in [3.63, 3.8) is 0 Å². The third-order valence-corrected chi connectivity index (χ3v) is 18.5. The monoisotopic (exact) mass is 1860 g/mol. The summed E-state index contributed by atoms with van der Waals surface area (Å²) < 4.78 is 751. The molecule has 5 N–H and O–H groups in total. The van der Waals surface area contributed by atoms with Crippen LogP contribution in [0.15, 0.2) is 34.0 Å². The van der Waals surface area contributed by atoms with E-state index in [9.17, 15) is 178 Å². The first-order valence-electron chi connectivity index (χ1n) is 30.5. The highest BCUT2D eigenvalue weighted by molar-refractivity contribution is 6.09. The number of aliphatic hydroxyl groups excluding tert-OH is 2. The van der Waals surface area contributed by atoms with Gasteiger partial charge in [0.05, 0.1) is 84.3 Å². The van der Waals surface area contributed by atoms with Crippen molar-refractivity contribution in [2.75, 3.05) is 6.61 Å². The topological polar surface area (TPSA) is 213 Å². The number of aromatic amines is 3. The Morgan fingerprint density at radius 3 is 0.861 bits per heavy atom. The van der Waals surface area contributed by atoms with Crippen molar-refractivity contribution in [3.05, 3.63) is 114 Å². The van der Waals surface area contributed by atoms with E-state index in [2.05, 4.69) is 29.9 Å². The first-order chi connectivity index (χ1) is 54.6. The first kappa shape index (κ1) is 92.2. The van der Waals surface area contributed by atoms with Gasteiger partial charge in [0.25, 0.3) is 5.56 Å². The number of nitrogens with zero attached hydrogens (tertiary/aromatic N) is 7. The van der Waals surface area contributed by atoms with Crippen molar-refractivity contribution in [2.45, 2.75) is 133 Å². The Bertz CT molecular complexity index is 5860. The fraction of sp³-hybridized carbons (Fsp3) is 0.390. The second-order valence-corrected chi connectivity index (χ2v) is 25.5. The predicted molar refractivity (Wildman–Crippen MR) is 297 cm³/mol. The lowest BCUT2D eigenvalue weighted by Gasteiger charge is -2.37. The normalized spacial score (nSPS) is 17.2. The quantitative estimate of drug-likeness (QED) is 0.0858. The number of rotatable bonds is 9. The highest BCUT2D eigenvalue weighted by atomic mass is 19.5. The Morgan fingerprint density at radius 1 is 0.344 bits per heavy atom. The number of H-pyrrole nitrogens is 3. The molecule has 0 aliphatic carbocycles. The molecule has 15 nitrogen and oxygen atoms in total. The molecule has 0 unspecified atom stereocenters. The van der Waals surface area contributed by atoms with Gasteiger partial charge in [0, 0.05) is 23.7 Å². The van der Waals surface area contributed by atoms with E-state index < -0.39 is 320 Å². The molecule has 11 rings (SSSR count). The number of hydrogen-bond acceptors (Lipinski definition) is 11. The van der Waals surface area contributed by atoms with E-state index in [0.717, 1.165) is 9.97 Å². The third-order valence-electron chi connectivity index (χ3n) is 18.5. The maximum absolute atomic E-state index is 17.9. The predicted octanol–water partition coefficient (Wildman–Crippen LogP) is 19.6. The number of aliphatic hydroxyl groups is 2. The highest BCUT2D eigenvalue weighted by Crippen LogP contribution is 2.68. The van der Waals surface area contributed by atoms with E-state index in [0.29, 0.717) is 0 Å². The summed E-state index contributed by atoms with van der Waals surface area (Å²) in [5.74, 6) is -42.0. The SMILES string of the molecule is O=c1[nH]c(=O)n([C@H]2C[C@H](O)[C@@H](CO)O2)cc1-c1ccc2c(c1)-c1nc-2nc2[nH]c(nc3nc(nc4[nH]c(n1)c1c(F)c(C(F)(C(F)(F)F)C(F)(F)F)c(C(F)(C(F)(F)F)C(F)(F)F)c(F)c41)-c1c(F)c(C(F)(C(F)(F)F)C(F)(F)F)c(C(F)(C(F)(F)F)C(F)(F)F)c(F)c1-3)c1c(F)c(C(F)(C(F)(F)F)C(F)(F)F)c(C(F)(C(F)(F)F)C(F)(F)F)c(F)c21. The van der Waals surface area contributed by atoms with Gasteiger partial charge in [-0.1, -0.05) is 6.07 Å². The van der Waals surface area contributed by atoms with E-state index in [4.69, 9.17) is 4.74 Å². The molecule has 63 heteroatoms. The Hall–Kier alpha value is -10.6. The summed E-state index contributed by atoms with van der Waals surface area (Å²) in [5.41, 5.74) is -117. The smallest absolute Gasteiger partial charge is 0.394 e. The van der Waals surface area contributed by atoms with Crippen LogP contribution in [-0.4, -0.2) is 153 Å². The van der Waals surface area contributed by atoms with Gasteiger partial charge in [-0.3, -0.25) is 14.3 Å². The number of ether oxygens (including phenoxy) is 1. The molecule has 3 aliphatic rings. The minimum Gasteiger partial charge on any atom is -0.394 e. The molecule has 8 bridgehead atoms. The van der Waals surface area contributed by atoms with E-state index in [-0.39, 0.29) is 29.0 Å². The average molecular weight is 1860 g/mol. The number of hydrogen-bond donors (Lipinski definition) is 5. The molecular weight excluding hydrogens is 1840 g/mol. The third kappa shape index (κ3) is 12.5. The lowest BCUT2D eigenvalue weighted by atomic mass is 9.78. The number of alkyl halides is 42. The molecule has 4 aromatic heterocycles. The Kier molecular flexibility index (Phi) is 20.4. The number of aromatic nitrogens is 10. The summed E-state index contributed by atoms with van der Waals surface area (Å²) in [6.07, 6.45) is -111. The van der Waals surface area contributed by atoms with Gasteiger partial charge < -0.3 is 24.9 Å². The standard InChI is InChI=1S/C59H16F48N10O5/c60-26-14-16(28(62)22(44(68,52(84,85)86)53(87,88)89)20(26)42(66,48(72,73)74)49(75,76)77)36-111-34(14)109-32-8-2-1-7(10-5-117(41(121)116-40(10)120)13-4-11(119)12(6-118)122-13)3-9(8)33(108-32)110-35-15-17(29(63)23(45(69,54(90,91)92)55(93,94)95)21(27(15)61)43(67,50(78,79)80)51(81,82)83)37(112-35)114-39-19-18(38(113-36)115-39)30(64)24(46(70,56(96,97)98)57(99,100)101)25(31(19)65)47(71,58(102,103)104)59(105,106)107/h1-3,5,11-13,118-119H,4,6H2,(H,116,120,121)(H2,108,109,110,111,112,113,114,115)/t11-,12+,13+/m0/s1. The number of benzene rings is 4. The fourth-order valence-electron chi connectivity index (χ4n) is 13.0. The zero-order valence-corrected chi connectivity index (χ0v) is 55.3. The molecule has 8 aromatic rings. The molecule has 668 valence electrons. The second kappa shape index (κ2) is 27.0. The molecule has 0 amide bonds. The number of fused-ring (bicyclic) bond motifs is 20. The van der Waals surface area contributed by atoms with Crippen LogP contribution < -0.4 is 11.2 Å². The van der Waals surface area contributed by atoms with Crippen molar-refractivity contribution in [2.24, 2.45) is 0 Å². The highest BCUT2D eigenvalue weighted by Gasteiger charge is 2.85. The van der Waals surface area contributed by atoms with Gasteiger partial charge in [-0.2, -0.15) is 158 Å². The van der Waals surface area contributed by atoms with Gasteiger partial charge in [-0.25, -0.2) is 87.4 Å². The summed E-state index contributed by atoms with van der Waals surface area (Å²) in [6, 6.07) is 0.247. The lowest BCUT2D eigenvalue weighted by Crippen LogP contribution is -2.56. The minimum absolute atomic E-state index is 0.00609. The van der Waals surface area contributed by atoms with Gasteiger partial charge in [0.2, 0.25) is 0 Å². The van der Waals surface area contributed by atoms with Crippen molar-refractivity contribution >= 4 is 44.1 Å². The van der Waals surface area contributed by atoms with Gasteiger partial charge in [-0.05, 0) is 17.7 Å². The zero-order chi connectivity index (χ0) is 93.1. The molecule has 0 spiro atoms. The molecule has 0 saturated carbocycles. The van der Waals surface area contributed by atoms with Crippen LogP contribution in [0.25, 0.3) is 101 Å². The van der Waals surface area contributed by atoms with E-state index in [1.54, 1.807) is 0 Å². The Balaban J connectivity index is 1.57. The van der Waals surface area contributed by atoms with Crippen LogP contribution in [0.5, 0.6) is 0 Å².